The fraction of sp³-hybridized carbons (Fsp3) is 0.391. The van der Waals surface area contributed by atoms with Crippen LogP contribution in [0, 0.1) is 0 Å². The van der Waals surface area contributed by atoms with Crippen LogP contribution in [0.4, 0.5) is 0 Å². The molecular formula is C23H30BrN3O3S. The Hall–Kier alpha value is -2.19. The lowest BCUT2D eigenvalue weighted by atomic mass is 10.2. The summed E-state index contributed by atoms with van der Waals surface area (Å²) in [5, 5.41) is 5.43. The van der Waals surface area contributed by atoms with Gasteiger partial charge in [0.1, 0.15) is 6.54 Å². The largest absolute Gasteiger partial charge is 1.00 e. The molecule has 0 bridgehead atoms. The Balaban J connectivity index is 0.00000480. The number of benzene rings is 1. The Morgan fingerprint density at radius 2 is 1.68 bits per heavy atom. The van der Waals surface area contributed by atoms with Gasteiger partial charge in [-0.25, -0.2) is 4.57 Å². The highest BCUT2D eigenvalue weighted by Crippen LogP contribution is 2.25. The molecule has 0 atom stereocenters. The monoisotopic (exact) mass is 507 g/mol. The van der Waals surface area contributed by atoms with E-state index in [1.54, 1.807) is 24.3 Å². The van der Waals surface area contributed by atoms with Crippen molar-refractivity contribution in [2.45, 2.75) is 50.5 Å². The Kier molecular flexibility index (Phi) is 13.5. The van der Waals surface area contributed by atoms with Crippen molar-refractivity contribution >= 4 is 28.7 Å². The molecule has 8 heteroatoms. The van der Waals surface area contributed by atoms with E-state index in [0.717, 1.165) is 44.0 Å². The lowest BCUT2D eigenvalue weighted by Gasteiger charge is -2.10. The number of aryl methyl sites for hydroxylation is 1. The van der Waals surface area contributed by atoms with Crippen molar-refractivity contribution in [3.63, 3.8) is 0 Å². The van der Waals surface area contributed by atoms with Gasteiger partial charge < -0.3 is 27.6 Å². The molecule has 2 N–H and O–H groups in total. The molecule has 0 aliphatic carbocycles. The van der Waals surface area contributed by atoms with Gasteiger partial charge in [0, 0.05) is 36.4 Å². The van der Waals surface area contributed by atoms with Crippen LogP contribution < -0.4 is 32.2 Å². The van der Waals surface area contributed by atoms with Crippen molar-refractivity contribution in [2.75, 3.05) is 13.1 Å². The first kappa shape index (κ1) is 26.8. The molecule has 168 valence electrons. The molecule has 1 aromatic heterocycles. The number of pyridine rings is 1. The molecule has 0 saturated carbocycles. The van der Waals surface area contributed by atoms with Crippen LogP contribution in [0.2, 0.25) is 0 Å². The van der Waals surface area contributed by atoms with Crippen LogP contribution in [-0.4, -0.2) is 30.0 Å². The first-order chi connectivity index (χ1) is 14.6. The number of aromatic nitrogens is 1. The molecule has 2 rings (SSSR count). The standard InChI is InChI=1S/C23H29N3O3S.BrH/c1-2-3-14-24-21(27)18-25-23(29)19-11-5-6-12-20(19)30-22(28)13-7-10-17-26-15-8-4-9-16-26;/h4-6,8-9,11-12,15-16H,2-3,7,10,13-14,17-18H2,1H3,(H-,24,25,27,29);1H. The van der Waals surface area contributed by atoms with Gasteiger partial charge in [-0.2, -0.15) is 0 Å². The fourth-order valence-electron chi connectivity index (χ4n) is 2.79. The summed E-state index contributed by atoms with van der Waals surface area (Å²) >= 11 is 1.09. The van der Waals surface area contributed by atoms with E-state index >= 15 is 0 Å². The summed E-state index contributed by atoms with van der Waals surface area (Å²) in [6.07, 6.45) is 8.08. The molecule has 31 heavy (non-hydrogen) atoms. The summed E-state index contributed by atoms with van der Waals surface area (Å²) in [6, 6.07) is 12.9. The van der Waals surface area contributed by atoms with Gasteiger partial charge >= 0.3 is 0 Å². The highest BCUT2D eigenvalue weighted by atomic mass is 79.9. The second kappa shape index (κ2) is 15.6. The summed E-state index contributed by atoms with van der Waals surface area (Å²) in [5.41, 5.74) is 0.414. The topological polar surface area (TPSA) is 79.2 Å². The summed E-state index contributed by atoms with van der Waals surface area (Å²) < 4.78 is 2.09. The van der Waals surface area contributed by atoms with E-state index in [1.165, 1.54) is 0 Å². The average molecular weight is 508 g/mol. The van der Waals surface area contributed by atoms with Gasteiger partial charge in [0.05, 0.1) is 12.1 Å². The third-order valence-electron chi connectivity index (χ3n) is 4.44. The number of carbonyl (C=O) groups is 3. The second-order valence-corrected chi connectivity index (χ2v) is 8.03. The average Bonchev–Trinajstić information content (AvgIpc) is 2.76. The fourth-order valence-corrected chi connectivity index (χ4v) is 3.70. The molecule has 6 nitrogen and oxygen atoms in total. The number of nitrogens with zero attached hydrogens (tertiary/aromatic N) is 1. The molecule has 0 spiro atoms. The normalized spacial score (nSPS) is 10.1. The van der Waals surface area contributed by atoms with Crippen molar-refractivity contribution in [2.24, 2.45) is 0 Å². The van der Waals surface area contributed by atoms with E-state index in [-0.39, 0.29) is 40.5 Å². The summed E-state index contributed by atoms with van der Waals surface area (Å²) in [7, 11) is 0. The molecule has 0 fully saturated rings. The predicted molar refractivity (Wildman–Crippen MR) is 118 cm³/mol. The van der Waals surface area contributed by atoms with E-state index in [4.69, 9.17) is 0 Å². The van der Waals surface area contributed by atoms with Crippen LogP contribution in [0.1, 0.15) is 49.4 Å². The lowest BCUT2D eigenvalue weighted by Crippen LogP contribution is -3.00. The van der Waals surface area contributed by atoms with Crippen molar-refractivity contribution in [1.29, 1.82) is 0 Å². The first-order valence-corrected chi connectivity index (χ1v) is 11.2. The number of thioether (sulfide) groups is 1. The quantitative estimate of drug-likeness (QED) is 0.243. The van der Waals surface area contributed by atoms with Gasteiger partial charge in [0.25, 0.3) is 5.91 Å². The minimum atomic E-state index is -0.350. The summed E-state index contributed by atoms with van der Waals surface area (Å²) in [4.78, 5) is 37.2. The molecule has 0 aliphatic rings. The van der Waals surface area contributed by atoms with Gasteiger partial charge in [-0.15, -0.1) is 0 Å². The van der Waals surface area contributed by atoms with E-state index in [2.05, 4.69) is 15.2 Å². The predicted octanol–water partition coefficient (Wildman–Crippen LogP) is 0.113. The van der Waals surface area contributed by atoms with Crippen LogP contribution in [0.25, 0.3) is 0 Å². The molecular weight excluding hydrogens is 478 g/mol. The summed E-state index contributed by atoms with van der Waals surface area (Å²) in [5.74, 6) is -0.564. The highest BCUT2D eigenvalue weighted by molar-refractivity contribution is 8.13. The van der Waals surface area contributed by atoms with E-state index in [9.17, 15) is 14.4 Å². The van der Waals surface area contributed by atoms with Crippen molar-refractivity contribution in [3.05, 3.63) is 60.4 Å². The first-order valence-electron chi connectivity index (χ1n) is 10.4. The Morgan fingerprint density at radius 1 is 0.935 bits per heavy atom. The second-order valence-electron chi connectivity index (χ2n) is 6.93. The number of unbranched alkanes of at least 4 members (excludes halogenated alkanes) is 2. The van der Waals surface area contributed by atoms with Gasteiger partial charge in [0.15, 0.2) is 17.5 Å². The molecule has 0 radical (unpaired) electrons. The van der Waals surface area contributed by atoms with Crippen molar-refractivity contribution in [1.82, 2.24) is 10.6 Å². The third-order valence-corrected chi connectivity index (χ3v) is 5.45. The zero-order valence-corrected chi connectivity index (χ0v) is 20.2. The van der Waals surface area contributed by atoms with Crippen molar-refractivity contribution in [3.8, 4) is 0 Å². The van der Waals surface area contributed by atoms with Gasteiger partial charge in [-0.1, -0.05) is 43.3 Å². The number of amides is 2. The molecule has 1 aromatic carbocycles. The maximum absolute atomic E-state index is 12.5. The van der Waals surface area contributed by atoms with Crippen molar-refractivity contribution < 1.29 is 35.9 Å². The number of halogens is 1. The molecule has 1 heterocycles. The lowest BCUT2D eigenvalue weighted by molar-refractivity contribution is -0.697. The number of rotatable bonds is 12. The maximum Gasteiger partial charge on any atom is 0.252 e. The van der Waals surface area contributed by atoms with Crippen LogP contribution in [0.5, 0.6) is 0 Å². The van der Waals surface area contributed by atoms with E-state index in [0.29, 0.717) is 23.4 Å². The Bertz CT molecular complexity index is 834. The smallest absolute Gasteiger partial charge is 0.252 e. The van der Waals surface area contributed by atoms with Crippen LogP contribution in [0.15, 0.2) is 59.8 Å². The molecule has 0 unspecified atom stereocenters. The van der Waals surface area contributed by atoms with Crippen LogP contribution in [-0.2, 0) is 16.1 Å². The number of nitrogens with one attached hydrogen (secondary N) is 2. The molecule has 2 amide bonds. The molecule has 0 aliphatic heterocycles. The zero-order chi connectivity index (χ0) is 21.6. The minimum Gasteiger partial charge on any atom is -1.00 e. The Labute approximate surface area is 199 Å². The molecule has 2 aromatic rings. The molecule has 0 saturated heterocycles. The maximum atomic E-state index is 12.5. The van der Waals surface area contributed by atoms with E-state index in [1.807, 2.05) is 37.5 Å². The highest BCUT2D eigenvalue weighted by Gasteiger charge is 2.15. The van der Waals surface area contributed by atoms with Gasteiger partial charge in [-0.3, -0.25) is 14.4 Å². The number of carbonyl (C=O) groups excluding carboxylic acids is 3. The van der Waals surface area contributed by atoms with Gasteiger partial charge in [-0.05, 0) is 25.0 Å². The van der Waals surface area contributed by atoms with Crippen LogP contribution in [0.3, 0.4) is 0 Å². The minimum absolute atomic E-state index is 0. The summed E-state index contributed by atoms with van der Waals surface area (Å²) in [6.45, 7) is 3.45. The Morgan fingerprint density at radius 3 is 2.42 bits per heavy atom. The third kappa shape index (κ3) is 10.6. The van der Waals surface area contributed by atoms with Gasteiger partial charge in [0.2, 0.25) is 5.91 Å². The number of hydrogen-bond acceptors (Lipinski definition) is 4. The zero-order valence-electron chi connectivity index (χ0n) is 17.8. The SMILES string of the molecule is CCCCNC(=O)CNC(=O)c1ccccc1SC(=O)CCCC[n+]1ccccc1.[Br-]. The van der Waals surface area contributed by atoms with Crippen LogP contribution >= 0.6 is 11.8 Å². The van der Waals surface area contributed by atoms with E-state index < -0.39 is 0 Å². The number of hydrogen-bond donors (Lipinski definition) is 2.